The van der Waals surface area contributed by atoms with Crippen molar-refractivity contribution in [2.45, 2.75) is 58.3 Å². The molecule has 1 aliphatic rings. The molecule has 4 rings (SSSR count). The van der Waals surface area contributed by atoms with Crippen molar-refractivity contribution in [3.05, 3.63) is 59.9 Å². The third kappa shape index (κ3) is 5.54. The van der Waals surface area contributed by atoms with Crippen LogP contribution >= 0.6 is 0 Å². The number of nitriles is 1. The molecule has 2 atom stereocenters. The first-order chi connectivity index (χ1) is 16.4. The summed E-state index contributed by atoms with van der Waals surface area (Å²) in [7, 11) is 0. The summed E-state index contributed by atoms with van der Waals surface area (Å²) >= 11 is 0. The van der Waals surface area contributed by atoms with E-state index < -0.39 is 0 Å². The van der Waals surface area contributed by atoms with Crippen LogP contribution in [0, 0.1) is 11.3 Å². The molecule has 34 heavy (non-hydrogen) atoms. The summed E-state index contributed by atoms with van der Waals surface area (Å²) in [5.74, 6) is 1.38. The summed E-state index contributed by atoms with van der Waals surface area (Å²) in [6, 6.07) is 15.8. The number of aromatic nitrogens is 2. The number of nitrogens with zero attached hydrogens (tertiary/aromatic N) is 4. The summed E-state index contributed by atoms with van der Waals surface area (Å²) in [5.41, 5.74) is 1.32. The van der Waals surface area contributed by atoms with Crippen LogP contribution in [0.15, 0.2) is 48.7 Å². The zero-order valence-corrected chi connectivity index (χ0v) is 19.8. The second-order valence-electron chi connectivity index (χ2n) is 9.02. The van der Waals surface area contributed by atoms with Crippen molar-refractivity contribution in [1.82, 2.24) is 14.9 Å². The molecule has 1 amide bonds. The van der Waals surface area contributed by atoms with Crippen LogP contribution in [0.2, 0.25) is 0 Å². The maximum atomic E-state index is 12.8. The van der Waals surface area contributed by atoms with Crippen LogP contribution in [-0.2, 0) is 11.3 Å². The van der Waals surface area contributed by atoms with Crippen LogP contribution in [0.1, 0.15) is 44.9 Å². The second kappa shape index (κ2) is 10.4. The van der Waals surface area contributed by atoms with Gasteiger partial charge in [-0.05, 0) is 51.3 Å². The number of benzene rings is 1. The molecule has 0 saturated carbocycles. The van der Waals surface area contributed by atoms with Crippen molar-refractivity contribution in [2.24, 2.45) is 0 Å². The highest BCUT2D eigenvalue weighted by molar-refractivity contribution is 5.93. The molecule has 0 unspecified atom stereocenters. The smallest absolute Gasteiger partial charge is 0.410 e. The number of likely N-dealkylation sites (tertiary alicyclic amines) is 1. The first kappa shape index (κ1) is 23.3. The average Bonchev–Trinajstić information content (AvgIpc) is 2.84. The van der Waals surface area contributed by atoms with E-state index in [-0.39, 0.29) is 30.8 Å². The lowest BCUT2D eigenvalue weighted by Gasteiger charge is -2.37. The number of piperidine rings is 1. The quantitative estimate of drug-likeness (QED) is 0.540. The molecule has 0 aliphatic carbocycles. The topological polar surface area (TPSA) is 103 Å². The molecule has 176 valence electrons. The van der Waals surface area contributed by atoms with Crippen LogP contribution in [0.25, 0.3) is 10.8 Å². The summed E-state index contributed by atoms with van der Waals surface area (Å²) in [4.78, 5) is 23.6. The highest BCUT2D eigenvalue weighted by atomic mass is 16.6. The number of anilines is 2. The van der Waals surface area contributed by atoms with E-state index in [4.69, 9.17) is 4.74 Å². The molecule has 0 spiro atoms. The van der Waals surface area contributed by atoms with Gasteiger partial charge in [0.05, 0.1) is 0 Å². The molecule has 2 N–H and O–H groups in total. The molecule has 2 aromatic heterocycles. The zero-order valence-electron chi connectivity index (χ0n) is 19.8. The van der Waals surface area contributed by atoms with Crippen molar-refractivity contribution >= 4 is 28.5 Å². The number of carbonyl (C=O) groups is 1. The average molecular weight is 459 g/mol. The Balaban J connectivity index is 1.46. The number of hydrogen-bond acceptors (Lipinski definition) is 7. The number of ether oxygens (including phenoxy) is 1. The number of fused-ring (bicyclic) bond motifs is 1. The molecule has 3 aromatic rings. The molecule has 0 bridgehead atoms. The van der Waals surface area contributed by atoms with Gasteiger partial charge in [0.15, 0.2) is 0 Å². The Labute approximate surface area is 200 Å². The Kier molecular flexibility index (Phi) is 7.12. The highest BCUT2D eigenvalue weighted by Crippen LogP contribution is 2.27. The Bertz CT molecular complexity index is 1190. The van der Waals surface area contributed by atoms with Crippen molar-refractivity contribution in [1.29, 1.82) is 5.26 Å². The summed E-state index contributed by atoms with van der Waals surface area (Å²) in [6.45, 7) is 6.91. The molecule has 8 heteroatoms. The predicted octanol–water partition coefficient (Wildman–Crippen LogP) is 4.92. The first-order valence-electron chi connectivity index (χ1n) is 11.6. The second-order valence-corrected chi connectivity index (χ2v) is 9.02. The lowest BCUT2D eigenvalue weighted by molar-refractivity contribution is 0.0696. The van der Waals surface area contributed by atoms with Crippen LogP contribution in [0.5, 0.6) is 0 Å². The Morgan fingerprint density at radius 1 is 1.26 bits per heavy atom. The van der Waals surface area contributed by atoms with Crippen LogP contribution in [0.4, 0.5) is 16.4 Å². The Morgan fingerprint density at radius 2 is 2.06 bits per heavy atom. The normalized spacial score (nSPS) is 17.9. The molecule has 0 radical (unpaired) electrons. The molecule has 1 fully saturated rings. The minimum Gasteiger partial charge on any atom is -0.445 e. The van der Waals surface area contributed by atoms with E-state index in [9.17, 15) is 10.1 Å². The van der Waals surface area contributed by atoms with Crippen molar-refractivity contribution < 1.29 is 9.53 Å². The SMILES string of the molecule is CC(C)Nc1nc(C#N)cc2cnc(N[C@H]3CC[C@H](C)N(C(=O)OCc4ccccc4)C3)cc12. The summed E-state index contributed by atoms with van der Waals surface area (Å²) < 4.78 is 5.57. The summed E-state index contributed by atoms with van der Waals surface area (Å²) in [6.07, 6.45) is 3.25. The molecule has 1 aromatic carbocycles. The number of carbonyl (C=O) groups excluding carboxylic acids is 1. The fourth-order valence-electron chi connectivity index (χ4n) is 4.16. The molecule has 1 saturated heterocycles. The minimum absolute atomic E-state index is 0.0540. The maximum absolute atomic E-state index is 12.8. The largest absolute Gasteiger partial charge is 0.445 e. The Hall–Kier alpha value is -3.86. The third-order valence-electron chi connectivity index (χ3n) is 5.93. The molecule has 8 nitrogen and oxygen atoms in total. The van der Waals surface area contributed by atoms with Crippen LogP contribution in [0.3, 0.4) is 0 Å². The standard InChI is InChI=1S/C26H30N6O2/c1-17(2)29-25-23-12-24(28-14-20(23)11-22(13-27)31-25)30-21-10-9-18(3)32(15-21)26(33)34-16-19-7-5-4-6-8-19/h4-8,11-12,14,17-18,21H,9-10,15-16H2,1-3H3,(H,28,30)(H,29,31)/t18-,21-/m0/s1. The Morgan fingerprint density at radius 3 is 2.79 bits per heavy atom. The minimum atomic E-state index is -0.300. The molecular formula is C26H30N6O2. The fourth-order valence-corrected chi connectivity index (χ4v) is 4.16. The van der Waals surface area contributed by atoms with E-state index in [1.807, 2.05) is 50.2 Å². The number of nitrogens with one attached hydrogen (secondary N) is 2. The lowest BCUT2D eigenvalue weighted by atomic mass is 10.00. The third-order valence-corrected chi connectivity index (χ3v) is 5.93. The number of hydrogen-bond donors (Lipinski definition) is 2. The predicted molar refractivity (Wildman–Crippen MR) is 132 cm³/mol. The lowest BCUT2D eigenvalue weighted by Crippen LogP contribution is -2.49. The van der Waals surface area contributed by atoms with Gasteiger partial charge in [0.25, 0.3) is 0 Å². The molecule has 1 aliphatic heterocycles. The number of pyridine rings is 2. The number of rotatable bonds is 6. The van der Waals surface area contributed by atoms with E-state index in [0.29, 0.717) is 23.9 Å². The van der Waals surface area contributed by atoms with Gasteiger partial charge in [-0.3, -0.25) is 0 Å². The highest BCUT2D eigenvalue weighted by Gasteiger charge is 2.30. The molecule has 3 heterocycles. The van der Waals surface area contributed by atoms with Crippen LogP contribution < -0.4 is 10.6 Å². The van der Waals surface area contributed by atoms with Crippen LogP contribution in [-0.4, -0.2) is 45.6 Å². The van der Waals surface area contributed by atoms with E-state index in [1.165, 1.54) is 0 Å². The van der Waals surface area contributed by atoms with Gasteiger partial charge in [0.2, 0.25) is 0 Å². The monoisotopic (exact) mass is 458 g/mol. The van der Waals surface area contributed by atoms with Gasteiger partial charge in [-0.25, -0.2) is 14.8 Å². The van der Waals surface area contributed by atoms with Gasteiger partial charge in [-0.2, -0.15) is 5.26 Å². The first-order valence-corrected chi connectivity index (χ1v) is 11.6. The maximum Gasteiger partial charge on any atom is 0.410 e. The van der Waals surface area contributed by atoms with Crippen molar-refractivity contribution in [3.63, 3.8) is 0 Å². The van der Waals surface area contributed by atoms with Crippen molar-refractivity contribution in [3.8, 4) is 6.07 Å². The van der Waals surface area contributed by atoms with Gasteiger partial charge in [0.1, 0.15) is 30.0 Å². The van der Waals surface area contributed by atoms with Gasteiger partial charge in [0, 0.05) is 41.6 Å². The van der Waals surface area contributed by atoms with E-state index in [1.54, 1.807) is 17.2 Å². The summed E-state index contributed by atoms with van der Waals surface area (Å²) in [5, 5.41) is 17.9. The zero-order chi connectivity index (χ0) is 24.1. The van der Waals surface area contributed by atoms with Gasteiger partial charge >= 0.3 is 6.09 Å². The van der Waals surface area contributed by atoms with Gasteiger partial charge in [-0.1, -0.05) is 30.3 Å². The van der Waals surface area contributed by atoms with Gasteiger partial charge < -0.3 is 20.3 Å². The van der Waals surface area contributed by atoms with E-state index in [0.717, 1.165) is 29.2 Å². The number of amides is 1. The molecular weight excluding hydrogens is 428 g/mol. The van der Waals surface area contributed by atoms with Gasteiger partial charge in [-0.15, -0.1) is 0 Å². The van der Waals surface area contributed by atoms with E-state index in [2.05, 4.69) is 33.6 Å². The fraction of sp³-hybridized carbons (Fsp3) is 0.385. The van der Waals surface area contributed by atoms with Crippen molar-refractivity contribution in [2.75, 3.05) is 17.2 Å². The van der Waals surface area contributed by atoms with E-state index >= 15 is 0 Å².